The lowest BCUT2D eigenvalue weighted by atomic mass is 10.1. The zero-order valence-electron chi connectivity index (χ0n) is 9.92. The Morgan fingerprint density at radius 2 is 1.78 bits per heavy atom. The Bertz CT molecular complexity index is 467. The molecule has 1 rings (SSSR count). The van der Waals surface area contributed by atoms with Crippen LogP contribution in [-0.2, 0) is 9.59 Å². The van der Waals surface area contributed by atoms with Crippen molar-refractivity contribution in [3.8, 4) is 0 Å². The maximum absolute atomic E-state index is 12.0. The first-order chi connectivity index (χ1) is 8.41. The summed E-state index contributed by atoms with van der Waals surface area (Å²) in [4.78, 5) is 34.7. The summed E-state index contributed by atoms with van der Waals surface area (Å²) in [5, 5.41) is 8.57. The van der Waals surface area contributed by atoms with E-state index in [1.165, 1.54) is 19.1 Å². The normalized spacial score (nSPS) is 9.83. The quantitative estimate of drug-likeness (QED) is 0.767. The summed E-state index contributed by atoms with van der Waals surface area (Å²) in [7, 11) is 0. The van der Waals surface area contributed by atoms with E-state index < -0.39 is 17.8 Å². The van der Waals surface area contributed by atoms with E-state index in [0.717, 1.165) is 4.90 Å². The summed E-state index contributed by atoms with van der Waals surface area (Å²) >= 11 is 0. The Morgan fingerprint density at radius 1 is 1.22 bits per heavy atom. The van der Waals surface area contributed by atoms with Gasteiger partial charge in [0.05, 0.1) is 6.42 Å². The Kier molecular flexibility index (Phi) is 4.42. The molecule has 1 aromatic carbocycles. The third kappa shape index (κ3) is 3.58. The molecule has 1 aromatic rings. The number of carbonyl (C=O) groups excluding carboxylic acids is 2. The van der Waals surface area contributed by atoms with Gasteiger partial charge in [-0.25, -0.2) is 0 Å². The molecule has 0 fully saturated rings. The maximum Gasteiger partial charge on any atom is 0.305 e. The molecule has 0 saturated carbocycles. The molecule has 0 heterocycles. The van der Waals surface area contributed by atoms with Gasteiger partial charge in [0.15, 0.2) is 0 Å². The summed E-state index contributed by atoms with van der Waals surface area (Å²) in [6.07, 6.45) is -0.277. The molecule has 0 bridgehead atoms. The third-order valence-corrected chi connectivity index (χ3v) is 2.33. The van der Waals surface area contributed by atoms with Crippen LogP contribution in [0.15, 0.2) is 24.3 Å². The lowest BCUT2D eigenvalue weighted by Gasteiger charge is -2.18. The lowest BCUT2D eigenvalue weighted by Crippen LogP contribution is -2.36. The SMILES string of the molecule is CC(=O)N(CCC(=O)O)C(=O)c1ccc(N)cc1. The molecule has 0 aliphatic rings. The van der Waals surface area contributed by atoms with Gasteiger partial charge in [-0.3, -0.25) is 19.3 Å². The second-order valence-corrected chi connectivity index (χ2v) is 3.74. The predicted octanol–water partition coefficient (Wildman–Crippen LogP) is 0.732. The van der Waals surface area contributed by atoms with Crippen LogP contribution in [0.3, 0.4) is 0 Å². The smallest absolute Gasteiger partial charge is 0.305 e. The summed E-state index contributed by atoms with van der Waals surface area (Å²) < 4.78 is 0. The fourth-order valence-corrected chi connectivity index (χ4v) is 1.39. The topological polar surface area (TPSA) is 101 Å². The second-order valence-electron chi connectivity index (χ2n) is 3.74. The fourth-order valence-electron chi connectivity index (χ4n) is 1.39. The number of carbonyl (C=O) groups is 3. The standard InChI is InChI=1S/C12H14N2O4/c1-8(15)14(7-6-11(16)17)12(18)9-2-4-10(13)5-3-9/h2-5H,6-7,13H2,1H3,(H,16,17). The van der Waals surface area contributed by atoms with Crippen LogP contribution in [0.4, 0.5) is 5.69 Å². The molecule has 0 saturated heterocycles. The number of benzene rings is 1. The molecule has 0 aliphatic heterocycles. The molecule has 96 valence electrons. The van der Waals surface area contributed by atoms with Crippen LogP contribution < -0.4 is 5.73 Å². The molecule has 6 heteroatoms. The Morgan fingerprint density at radius 3 is 2.22 bits per heavy atom. The molecule has 2 amide bonds. The largest absolute Gasteiger partial charge is 0.481 e. The van der Waals surface area contributed by atoms with Gasteiger partial charge in [-0.1, -0.05) is 0 Å². The zero-order valence-corrected chi connectivity index (χ0v) is 9.92. The number of nitrogens with zero attached hydrogens (tertiary/aromatic N) is 1. The number of imide groups is 1. The van der Waals surface area contributed by atoms with Crippen LogP contribution >= 0.6 is 0 Å². The molecule has 3 N–H and O–H groups in total. The Balaban J connectivity index is 2.85. The minimum absolute atomic E-state index is 0.145. The zero-order chi connectivity index (χ0) is 13.7. The highest BCUT2D eigenvalue weighted by Crippen LogP contribution is 2.09. The minimum atomic E-state index is -1.06. The average Bonchev–Trinajstić information content (AvgIpc) is 2.29. The van der Waals surface area contributed by atoms with Gasteiger partial charge < -0.3 is 10.8 Å². The summed E-state index contributed by atoms with van der Waals surface area (Å²) in [6, 6.07) is 6.08. The number of aliphatic carboxylic acids is 1. The maximum atomic E-state index is 12.0. The first-order valence-corrected chi connectivity index (χ1v) is 5.31. The van der Waals surface area contributed by atoms with Crippen molar-refractivity contribution < 1.29 is 19.5 Å². The highest BCUT2D eigenvalue weighted by Gasteiger charge is 2.20. The van der Waals surface area contributed by atoms with Gasteiger partial charge in [-0.2, -0.15) is 0 Å². The van der Waals surface area contributed by atoms with Crippen LogP contribution in [0.25, 0.3) is 0 Å². The van der Waals surface area contributed by atoms with E-state index in [0.29, 0.717) is 11.3 Å². The van der Waals surface area contributed by atoms with Crippen LogP contribution in [0, 0.1) is 0 Å². The van der Waals surface area contributed by atoms with Crippen molar-refractivity contribution in [3.05, 3.63) is 29.8 Å². The van der Waals surface area contributed by atoms with Crippen LogP contribution in [0.1, 0.15) is 23.7 Å². The summed E-state index contributed by atoms with van der Waals surface area (Å²) in [6.45, 7) is 1.07. The minimum Gasteiger partial charge on any atom is -0.481 e. The Hall–Kier alpha value is -2.37. The molecule has 0 aliphatic carbocycles. The van der Waals surface area contributed by atoms with Gasteiger partial charge in [0.25, 0.3) is 5.91 Å². The highest BCUT2D eigenvalue weighted by molar-refractivity contribution is 6.04. The van der Waals surface area contributed by atoms with Crippen molar-refractivity contribution in [2.45, 2.75) is 13.3 Å². The number of amides is 2. The number of carboxylic acids is 1. The molecule has 0 unspecified atom stereocenters. The van der Waals surface area contributed by atoms with E-state index in [-0.39, 0.29) is 13.0 Å². The van der Waals surface area contributed by atoms with Crippen molar-refractivity contribution in [1.82, 2.24) is 4.90 Å². The van der Waals surface area contributed by atoms with Crippen LogP contribution in [0.5, 0.6) is 0 Å². The van der Waals surface area contributed by atoms with Gasteiger partial charge in [-0.05, 0) is 24.3 Å². The third-order valence-electron chi connectivity index (χ3n) is 2.33. The molecule has 0 atom stereocenters. The van der Waals surface area contributed by atoms with Crippen LogP contribution in [0.2, 0.25) is 0 Å². The molecular formula is C12H14N2O4. The molecule has 6 nitrogen and oxygen atoms in total. The second kappa shape index (κ2) is 5.81. The number of rotatable bonds is 4. The predicted molar refractivity (Wildman–Crippen MR) is 64.8 cm³/mol. The van der Waals surface area contributed by atoms with E-state index in [9.17, 15) is 14.4 Å². The van der Waals surface area contributed by atoms with E-state index in [1.807, 2.05) is 0 Å². The van der Waals surface area contributed by atoms with Crippen molar-refractivity contribution in [2.24, 2.45) is 0 Å². The summed E-state index contributed by atoms with van der Waals surface area (Å²) in [5.74, 6) is -2.08. The van der Waals surface area contributed by atoms with E-state index in [2.05, 4.69) is 0 Å². The first-order valence-electron chi connectivity index (χ1n) is 5.31. The van der Waals surface area contributed by atoms with Crippen LogP contribution in [-0.4, -0.2) is 34.3 Å². The number of hydrogen-bond acceptors (Lipinski definition) is 4. The van der Waals surface area contributed by atoms with Gasteiger partial charge in [-0.15, -0.1) is 0 Å². The average molecular weight is 250 g/mol. The summed E-state index contributed by atoms with van der Waals surface area (Å²) in [5.41, 5.74) is 6.29. The molecular weight excluding hydrogens is 236 g/mol. The monoisotopic (exact) mass is 250 g/mol. The van der Waals surface area contributed by atoms with Crippen molar-refractivity contribution >= 4 is 23.5 Å². The van der Waals surface area contributed by atoms with E-state index in [4.69, 9.17) is 10.8 Å². The molecule has 0 radical (unpaired) electrons. The lowest BCUT2D eigenvalue weighted by molar-refractivity contribution is -0.137. The first kappa shape index (κ1) is 13.7. The number of carboxylic acid groups (broad SMARTS) is 1. The molecule has 18 heavy (non-hydrogen) atoms. The van der Waals surface area contributed by atoms with Crippen molar-refractivity contribution in [1.29, 1.82) is 0 Å². The molecule has 0 spiro atoms. The van der Waals surface area contributed by atoms with Gasteiger partial charge in [0, 0.05) is 24.7 Å². The van der Waals surface area contributed by atoms with Gasteiger partial charge in [0.2, 0.25) is 5.91 Å². The fraction of sp³-hybridized carbons (Fsp3) is 0.250. The van der Waals surface area contributed by atoms with Gasteiger partial charge in [0.1, 0.15) is 0 Å². The highest BCUT2D eigenvalue weighted by atomic mass is 16.4. The number of nitrogen functional groups attached to an aromatic ring is 1. The Labute approximate surface area is 104 Å². The number of hydrogen-bond donors (Lipinski definition) is 2. The molecule has 0 aromatic heterocycles. The van der Waals surface area contributed by atoms with E-state index >= 15 is 0 Å². The van der Waals surface area contributed by atoms with Crippen molar-refractivity contribution in [2.75, 3.05) is 12.3 Å². The van der Waals surface area contributed by atoms with Crippen molar-refractivity contribution in [3.63, 3.8) is 0 Å². The van der Waals surface area contributed by atoms with E-state index in [1.54, 1.807) is 12.1 Å². The number of anilines is 1. The number of nitrogens with two attached hydrogens (primary N) is 1. The van der Waals surface area contributed by atoms with Gasteiger partial charge >= 0.3 is 5.97 Å².